The molecule has 5 nitrogen and oxygen atoms in total. The van der Waals surface area contributed by atoms with Crippen LogP contribution in [0, 0.1) is 5.92 Å². The predicted octanol–water partition coefficient (Wildman–Crippen LogP) is 1.91. The maximum absolute atomic E-state index is 9.02. The van der Waals surface area contributed by atoms with Crippen molar-refractivity contribution in [2.45, 2.75) is 58.5 Å². The Bertz CT molecular complexity index is 279. The molecule has 1 atom stereocenters. The maximum atomic E-state index is 9.02. The first kappa shape index (κ1) is 18.2. The summed E-state index contributed by atoms with van der Waals surface area (Å²) >= 11 is 0. The smallest absolute Gasteiger partial charge is 0.191 e. The van der Waals surface area contributed by atoms with Crippen LogP contribution in [0.15, 0.2) is 4.99 Å². The van der Waals surface area contributed by atoms with Gasteiger partial charge in [-0.15, -0.1) is 0 Å². The highest BCUT2D eigenvalue weighted by atomic mass is 16.5. The molecule has 1 saturated carbocycles. The normalized spacial score (nSPS) is 18.5. The van der Waals surface area contributed by atoms with Crippen LogP contribution in [0.4, 0.5) is 0 Å². The van der Waals surface area contributed by atoms with Gasteiger partial charge in [-0.2, -0.15) is 0 Å². The average molecular weight is 299 g/mol. The third-order valence-electron chi connectivity index (χ3n) is 3.74. The van der Waals surface area contributed by atoms with Gasteiger partial charge in [0.25, 0.3) is 0 Å². The van der Waals surface area contributed by atoms with Gasteiger partial charge in [-0.1, -0.05) is 26.2 Å². The molecule has 0 amide bonds. The Hall–Kier alpha value is -0.810. The highest BCUT2D eigenvalue weighted by molar-refractivity contribution is 5.79. The Balaban J connectivity index is 2.11. The van der Waals surface area contributed by atoms with Crippen LogP contribution in [0.25, 0.3) is 0 Å². The number of hydrogen-bond acceptors (Lipinski definition) is 3. The van der Waals surface area contributed by atoms with Gasteiger partial charge < -0.3 is 20.5 Å². The fourth-order valence-corrected chi connectivity index (χ4v) is 2.41. The first-order valence-corrected chi connectivity index (χ1v) is 8.50. The van der Waals surface area contributed by atoms with E-state index in [2.05, 4.69) is 22.5 Å². The molecule has 124 valence electrons. The molecule has 0 aromatic heterocycles. The second-order valence-corrected chi connectivity index (χ2v) is 5.92. The Labute approximate surface area is 129 Å². The van der Waals surface area contributed by atoms with Crippen molar-refractivity contribution in [1.29, 1.82) is 0 Å². The summed E-state index contributed by atoms with van der Waals surface area (Å²) in [7, 11) is 0. The number of nitrogens with one attached hydrogen (secondary N) is 2. The largest absolute Gasteiger partial charge is 0.396 e. The Kier molecular flexibility index (Phi) is 10.3. The molecular formula is C16H33N3O2. The summed E-state index contributed by atoms with van der Waals surface area (Å²) < 4.78 is 5.91. The fraction of sp³-hybridized carbons (Fsp3) is 0.938. The van der Waals surface area contributed by atoms with Crippen molar-refractivity contribution < 1.29 is 9.84 Å². The molecule has 1 aliphatic rings. The topological polar surface area (TPSA) is 65.9 Å². The molecule has 1 aliphatic carbocycles. The van der Waals surface area contributed by atoms with Gasteiger partial charge in [0.05, 0.1) is 6.10 Å². The van der Waals surface area contributed by atoms with Crippen LogP contribution in [0.5, 0.6) is 0 Å². The van der Waals surface area contributed by atoms with Crippen molar-refractivity contribution in [3.8, 4) is 0 Å². The van der Waals surface area contributed by atoms with Crippen LogP contribution < -0.4 is 10.6 Å². The van der Waals surface area contributed by atoms with Gasteiger partial charge in [-0.3, -0.25) is 4.99 Å². The number of ether oxygens (including phenoxy) is 1. The van der Waals surface area contributed by atoms with Gasteiger partial charge in [-0.25, -0.2) is 0 Å². The van der Waals surface area contributed by atoms with E-state index < -0.39 is 0 Å². The molecule has 1 unspecified atom stereocenters. The lowest BCUT2D eigenvalue weighted by atomic mass is 9.98. The maximum Gasteiger partial charge on any atom is 0.191 e. The van der Waals surface area contributed by atoms with Gasteiger partial charge in [-0.05, 0) is 32.1 Å². The minimum atomic E-state index is 0.179. The lowest BCUT2D eigenvalue weighted by Gasteiger charge is -2.22. The SMILES string of the molecule is CCNC(=NCC(C)CO)NCCCOC1CCCCC1. The number of aliphatic hydroxyl groups is 1. The monoisotopic (exact) mass is 299 g/mol. The first-order valence-electron chi connectivity index (χ1n) is 8.50. The minimum absolute atomic E-state index is 0.179. The number of nitrogens with zero attached hydrogens (tertiary/aromatic N) is 1. The molecule has 0 bridgehead atoms. The van der Waals surface area contributed by atoms with Crippen molar-refractivity contribution in [2.24, 2.45) is 10.9 Å². The van der Waals surface area contributed by atoms with Gasteiger partial charge in [0.2, 0.25) is 0 Å². The molecule has 21 heavy (non-hydrogen) atoms. The number of aliphatic imine (C=N–C) groups is 1. The summed E-state index contributed by atoms with van der Waals surface area (Å²) in [4.78, 5) is 4.47. The van der Waals surface area contributed by atoms with E-state index >= 15 is 0 Å². The van der Waals surface area contributed by atoms with Crippen molar-refractivity contribution >= 4 is 5.96 Å². The molecule has 0 spiro atoms. The van der Waals surface area contributed by atoms with Crippen LogP contribution >= 0.6 is 0 Å². The van der Waals surface area contributed by atoms with Gasteiger partial charge >= 0.3 is 0 Å². The number of aliphatic hydroxyl groups excluding tert-OH is 1. The van der Waals surface area contributed by atoms with E-state index in [9.17, 15) is 0 Å². The highest BCUT2D eigenvalue weighted by Crippen LogP contribution is 2.20. The highest BCUT2D eigenvalue weighted by Gasteiger charge is 2.12. The number of rotatable bonds is 9. The van der Waals surface area contributed by atoms with Crippen molar-refractivity contribution in [2.75, 3.05) is 32.8 Å². The van der Waals surface area contributed by atoms with E-state index in [1.54, 1.807) is 0 Å². The van der Waals surface area contributed by atoms with Crippen LogP contribution in [-0.2, 0) is 4.74 Å². The average Bonchev–Trinajstić information content (AvgIpc) is 2.52. The molecule has 1 fully saturated rings. The Morgan fingerprint density at radius 1 is 1.29 bits per heavy atom. The second kappa shape index (κ2) is 11.8. The third kappa shape index (κ3) is 8.94. The van der Waals surface area contributed by atoms with E-state index in [1.807, 2.05) is 6.92 Å². The zero-order valence-electron chi connectivity index (χ0n) is 13.7. The minimum Gasteiger partial charge on any atom is -0.396 e. The molecule has 0 saturated heterocycles. The van der Waals surface area contributed by atoms with Crippen LogP contribution in [0.3, 0.4) is 0 Å². The molecule has 0 aromatic carbocycles. The number of guanidine groups is 1. The van der Waals surface area contributed by atoms with Crippen molar-refractivity contribution in [3.05, 3.63) is 0 Å². The van der Waals surface area contributed by atoms with Gasteiger partial charge in [0, 0.05) is 32.8 Å². The van der Waals surface area contributed by atoms with Gasteiger partial charge in [0.1, 0.15) is 0 Å². The summed E-state index contributed by atoms with van der Waals surface area (Å²) in [5, 5.41) is 15.6. The van der Waals surface area contributed by atoms with Gasteiger partial charge in [0.15, 0.2) is 5.96 Å². The summed E-state index contributed by atoms with van der Waals surface area (Å²) in [5.74, 6) is 1.03. The predicted molar refractivity (Wildman–Crippen MR) is 87.7 cm³/mol. The second-order valence-electron chi connectivity index (χ2n) is 5.92. The zero-order chi connectivity index (χ0) is 15.3. The van der Waals surface area contributed by atoms with Crippen LogP contribution in [0.2, 0.25) is 0 Å². The molecule has 0 radical (unpaired) electrons. The molecule has 0 aromatic rings. The van der Waals surface area contributed by atoms with E-state index in [4.69, 9.17) is 9.84 Å². The summed E-state index contributed by atoms with van der Waals surface area (Å²) in [5.41, 5.74) is 0. The molecular weight excluding hydrogens is 266 g/mol. The molecule has 1 rings (SSSR count). The van der Waals surface area contributed by atoms with E-state index in [0.717, 1.165) is 32.1 Å². The standard InChI is InChI=1S/C16H33N3O2/c1-3-17-16(19-12-14(2)13-20)18-10-7-11-21-15-8-5-4-6-9-15/h14-15,20H,3-13H2,1-2H3,(H2,17,18,19). The number of hydrogen-bond donors (Lipinski definition) is 3. The molecule has 5 heteroatoms. The first-order chi connectivity index (χ1) is 10.3. The summed E-state index contributed by atoms with van der Waals surface area (Å²) in [6, 6.07) is 0. The summed E-state index contributed by atoms with van der Waals surface area (Å²) in [6.07, 6.45) is 7.97. The van der Waals surface area contributed by atoms with E-state index in [0.29, 0.717) is 12.6 Å². The fourth-order valence-electron chi connectivity index (χ4n) is 2.41. The van der Waals surface area contributed by atoms with Crippen LogP contribution in [-0.4, -0.2) is 50.0 Å². The molecule has 3 N–H and O–H groups in total. The van der Waals surface area contributed by atoms with E-state index in [1.165, 1.54) is 32.1 Å². The lowest BCUT2D eigenvalue weighted by molar-refractivity contribution is 0.0277. The third-order valence-corrected chi connectivity index (χ3v) is 3.74. The quantitative estimate of drug-likeness (QED) is 0.346. The van der Waals surface area contributed by atoms with Crippen molar-refractivity contribution in [3.63, 3.8) is 0 Å². The summed E-state index contributed by atoms with van der Waals surface area (Å²) in [6.45, 7) is 7.40. The molecule has 0 aliphatic heterocycles. The van der Waals surface area contributed by atoms with Crippen molar-refractivity contribution in [1.82, 2.24) is 10.6 Å². The molecule has 0 heterocycles. The Morgan fingerprint density at radius 2 is 2.05 bits per heavy atom. The van der Waals surface area contributed by atoms with Crippen LogP contribution in [0.1, 0.15) is 52.4 Å². The zero-order valence-corrected chi connectivity index (χ0v) is 13.7. The van der Waals surface area contributed by atoms with E-state index in [-0.39, 0.29) is 12.5 Å². The Morgan fingerprint density at radius 3 is 2.71 bits per heavy atom. The lowest BCUT2D eigenvalue weighted by Crippen LogP contribution is -2.38.